The van der Waals surface area contributed by atoms with Crippen molar-refractivity contribution in [3.8, 4) is 0 Å². The highest BCUT2D eigenvalue weighted by molar-refractivity contribution is 7.78. The number of amides is 1. The Morgan fingerprint density at radius 3 is 2.54 bits per heavy atom. The zero-order valence-corrected chi connectivity index (χ0v) is 15.0. The van der Waals surface area contributed by atoms with Crippen molar-refractivity contribution in [2.45, 2.75) is 46.0 Å². The maximum atomic E-state index is 12.9. The molecule has 2 heterocycles. The molecule has 1 amide bonds. The largest absolute Gasteiger partial charge is 0.310 e. The van der Waals surface area contributed by atoms with Gasteiger partial charge in [-0.3, -0.25) is 9.59 Å². The van der Waals surface area contributed by atoms with E-state index in [1.165, 1.54) is 3.97 Å². The van der Waals surface area contributed by atoms with Crippen molar-refractivity contribution < 1.29 is 4.79 Å². The molecule has 1 aliphatic heterocycles. The van der Waals surface area contributed by atoms with Crippen LogP contribution in [-0.2, 0) is 11.2 Å². The molecule has 0 spiro atoms. The molecule has 1 aromatic heterocycles. The van der Waals surface area contributed by atoms with E-state index in [4.69, 9.17) is 0 Å². The van der Waals surface area contributed by atoms with E-state index >= 15 is 0 Å². The van der Waals surface area contributed by atoms with Crippen LogP contribution in [0.25, 0.3) is 0 Å². The second-order valence-corrected chi connectivity index (χ2v) is 6.67. The van der Waals surface area contributed by atoms with Gasteiger partial charge in [0.1, 0.15) is 11.6 Å². The van der Waals surface area contributed by atoms with Crippen LogP contribution in [0.4, 0.5) is 5.82 Å². The number of nitrogens with one attached hydrogen (secondary N) is 1. The Morgan fingerprint density at radius 1 is 1.25 bits per heavy atom. The Hall–Kier alpha value is -2.08. The van der Waals surface area contributed by atoms with E-state index in [0.717, 1.165) is 23.1 Å². The standard InChI is InChI=1S/C18H21N3O2S/c1-4-6-13-19-17-16(18(23)21(13)24)12(9-14(22)20-17)15-10(2)7-5-8-11(15)3/h5,7-8,12,24H,4,6,9H2,1-3H3,(H,20,22). The van der Waals surface area contributed by atoms with Crippen molar-refractivity contribution in [3.63, 3.8) is 0 Å². The van der Waals surface area contributed by atoms with Crippen molar-refractivity contribution in [1.29, 1.82) is 0 Å². The molecule has 1 N–H and O–H groups in total. The van der Waals surface area contributed by atoms with Crippen molar-refractivity contribution in [2.75, 3.05) is 5.32 Å². The number of nitrogens with zero attached hydrogens (tertiary/aromatic N) is 2. The fourth-order valence-corrected chi connectivity index (χ4v) is 3.71. The number of carbonyl (C=O) groups excluding carboxylic acids is 1. The van der Waals surface area contributed by atoms with Gasteiger partial charge in [0.05, 0.1) is 5.56 Å². The number of hydrogen-bond donors (Lipinski definition) is 2. The molecule has 0 saturated carbocycles. The van der Waals surface area contributed by atoms with Gasteiger partial charge in [-0.1, -0.05) is 37.9 Å². The third-order valence-corrected chi connectivity index (χ3v) is 4.94. The maximum absolute atomic E-state index is 12.9. The van der Waals surface area contributed by atoms with Gasteiger partial charge >= 0.3 is 0 Å². The number of fused-ring (bicyclic) bond motifs is 1. The molecule has 2 aromatic rings. The summed E-state index contributed by atoms with van der Waals surface area (Å²) in [7, 11) is 0. The van der Waals surface area contributed by atoms with Crippen LogP contribution in [-0.4, -0.2) is 14.9 Å². The van der Waals surface area contributed by atoms with Crippen LogP contribution in [0.15, 0.2) is 23.0 Å². The molecule has 3 rings (SSSR count). The summed E-state index contributed by atoms with van der Waals surface area (Å²) in [4.78, 5) is 29.6. The van der Waals surface area contributed by atoms with E-state index in [9.17, 15) is 9.59 Å². The zero-order valence-electron chi connectivity index (χ0n) is 14.1. The quantitative estimate of drug-likeness (QED) is 0.842. The molecule has 5 nitrogen and oxygen atoms in total. The van der Waals surface area contributed by atoms with Gasteiger partial charge in [-0.25, -0.2) is 8.96 Å². The number of anilines is 1. The van der Waals surface area contributed by atoms with Gasteiger partial charge in [0.25, 0.3) is 5.56 Å². The first-order chi connectivity index (χ1) is 11.4. The molecule has 0 bridgehead atoms. The first-order valence-corrected chi connectivity index (χ1v) is 8.55. The number of benzene rings is 1. The van der Waals surface area contributed by atoms with Gasteiger partial charge in [-0.15, -0.1) is 0 Å². The van der Waals surface area contributed by atoms with Crippen LogP contribution in [0, 0.1) is 13.8 Å². The fourth-order valence-electron chi connectivity index (χ4n) is 3.46. The predicted molar refractivity (Wildman–Crippen MR) is 97.9 cm³/mol. The summed E-state index contributed by atoms with van der Waals surface area (Å²) in [5, 5.41) is 2.77. The lowest BCUT2D eigenvalue weighted by atomic mass is 9.82. The van der Waals surface area contributed by atoms with E-state index in [1.54, 1.807) is 0 Å². The molecule has 126 valence electrons. The lowest BCUT2D eigenvalue weighted by molar-refractivity contribution is -0.116. The van der Waals surface area contributed by atoms with Crippen molar-refractivity contribution in [2.24, 2.45) is 0 Å². The Labute approximate surface area is 146 Å². The average molecular weight is 343 g/mol. The molecule has 0 aliphatic carbocycles. The van der Waals surface area contributed by atoms with Crippen molar-refractivity contribution >= 4 is 24.5 Å². The second kappa shape index (κ2) is 6.43. The van der Waals surface area contributed by atoms with Gasteiger partial charge < -0.3 is 5.32 Å². The summed E-state index contributed by atoms with van der Waals surface area (Å²) in [5.41, 5.74) is 3.51. The topological polar surface area (TPSA) is 64.0 Å². The van der Waals surface area contributed by atoms with E-state index in [0.29, 0.717) is 23.6 Å². The smallest absolute Gasteiger partial charge is 0.269 e. The Morgan fingerprint density at radius 2 is 1.92 bits per heavy atom. The number of hydrogen-bond acceptors (Lipinski definition) is 4. The van der Waals surface area contributed by atoms with Crippen LogP contribution in [0.5, 0.6) is 0 Å². The molecule has 0 saturated heterocycles. The Balaban J connectivity index is 2.26. The second-order valence-electron chi connectivity index (χ2n) is 6.27. The molecule has 24 heavy (non-hydrogen) atoms. The van der Waals surface area contributed by atoms with Crippen LogP contribution in [0.1, 0.15) is 53.8 Å². The molecule has 0 fully saturated rings. The minimum atomic E-state index is -0.288. The summed E-state index contributed by atoms with van der Waals surface area (Å²) >= 11 is 4.34. The highest BCUT2D eigenvalue weighted by Gasteiger charge is 2.33. The molecule has 1 atom stereocenters. The third kappa shape index (κ3) is 2.75. The van der Waals surface area contributed by atoms with E-state index in [1.807, 2.05) is 39.0 Å². The zero-order chi connectivity index (χ0) is 17.4. The van der Waals surface area contributed by atoms with Gasteiger partial charge in [0.2, 0.25) is 5.91 Å². The van der Waals surface area contributed by atoms with E-state index in [-0.39, 0.29) is 23.8 Å². The first-order valence-electron chi connectivity index (χ1n) is 8.15. The van der Waals surface area contributed by atoms with Crippen LogP contribution in [0.2, 0.25) is 0 Å². The minimum absolute atomic E-state index is 0.110. The normalized spacial score (nSPS) is 16.7. The highest BCUT2D eigenvalue weighted by atomic mass is 32.1. The van der Waals surface area contributed by atoms with Gasteiger partial charge in [-0.2, -0.15) is 0 Å². The molecule has 6 heteroatoms. The number of aryl methyl sites for hydroxylation is 3. The van der Waals surface area contributed by atoms with Crippen LogP contribution in [0.3, 0.4) is 0 Å². The number of rotatable bonds is 3. The lowest BCUT2D eigenvalue weighted by Gasteiger charge is -2.27. The van der Waals surface area contributed by atoms with Gasteiger partial charge in [0.15, 0.2) is 0 Å². The molecule has 0 radical (unpaired) electrons. The summed E-state index contributed by atoms with van der Waals surface area (Å²) in [6.45, 7) is 6.02. The van der Waals surface area contributed by atoms with Crippen LogP contribution >= 0.6 is 12.8 Å². The average Bonchev–Trinajstić information content (AvgIpc) is 2.52. The molecule has 1 unspecified atom stereocenters. The van der Waals surface area contributed by atoms with Crippen molar-refractivity contribution in [3.05, 3.63) is 56.6 Å². The first kappa shape index (κ1) is 16.8. The number of carbonyl (C=O) groups is 1. The van der Waals surface area contributed by atoms with Crippen LogP contribution < -0.4 is 10.9 Å². The Kier molecular flexibility index (Phi) is 4.49. The van der Waals surface area contributed by atoms with E-state index < -0.39 is 0 Å². The Bertz CT molecular complexity index is 853. The fraction of sp³-hybridized carbons (Fsp3) is 0.389. The summed E-state index contributed by atoms with van der Waals surface area (Å²) in [5.74, 6) is 0.565. The van der Waals surface area contributed by atoms with Crippen molar-refractivity contribution in [1.82, 2.24) is 8.96 Å². The third-order valence-electron chi connectivity index (χ3n) is 4.52. The minimum Gasteiger partial charge on any atom is -0.310 e. The van der Waals surface area contributed by atoms with Gasteiger partial charge in [0, 0.05) is 18.8 Å². The summed E-state index contributed by atoms with van der Waals surface area (Å²) in [6.07, 6.45) is 1.73. The molecule has 1 aromatic carbocycles. The number of thiol groups is 1. The predicted octanol–water partition coefficient (Wildman–Crippen LogP) is 2.98. The monoisotopic (exact) mass is 343 g/mol. The summed E-state index contributed by atoms with van der Waals surface area (Å²) < 4.78 is 1.32. The lowest BCUT2D eigenvalue weighted by Crippen LogP contribution is -2.34. The van der Waals surface area contributed by atoms with E-state index in [2.05, 4.69) is 23.1 Å². The SMILES string of the molecule is CCCc1nc2c(c(=O)n1S)C(c1c(C)cccc1C)CC(=O)N2. The molecular formula is C18H21N3O2S. The molecule has 1 aliphatic rings. The van der Waals surface area contributed by atoms with Gasteiger partial charge in [-0.05, 0) is 37.0 Å². The highest BCUT2D eigenvalue weighted by Crippen LogP contribution is 2.37. The number of aromatic nitrogens is 2. The summed E-state index contributed by atoms with van der Waals surface area (Å²) in [6, 6.07) is 6.00. The molecular weight excluding hydrogens is 322 g/mol. The maximum Gasteiger partial charge on any atom is 0.269 e.